The predicted molar refractivity (Wildman–Crippen MR) is 109 cm³/mol. The summed E-state index contributed by atoms with van der Waals surface area (Å²) in [6.07, 6.45) is 4.52. The van der Waals surface area contributed by atoms with Gasteiger partial charge in [-0.2, -0.15) is 4.98 Å². The van der Waals surface area contributed by atoms with Crippen LogP contribution in [0.5, 0.6) is 0 Å². The smallest absolute Gasteiger partial charge is 0.289 e. The molecule has 3 heterocycles. The largest absolute Gasteiger partial charge is 0.459 e. The Labute approximate surface area is 169 Å². The minimum atomic E-state index is -0.103. The highest BCUT2D eigenvalue weighted by molar-refractivity contribution is 6.02. The van der Waals surface area contributed by atoms with Crippen LogP contribution in [0.15, 0.2) is 35.5 Å². The molecule has 152 valence electrons. The highest BCUT2D eigenvalue weighted by Gasteiger charge is 2.30. The molecule has 1 N–H and O–H groups in total. The number of piperazine rings is 1. The van der Waals surface area contributed by atoms with Gasteiger partial charge in [0.1, 0.15) is 5.82 Å². The van der Waals surface area contributed by atoms with Gasteiger partial charge in [0.05, 0.1) is 17.5 Å². The number of anilines is 2. The number of carbonyl (C=O) groups excluding carboxylic acids is 2. The molecule has 1 fully saturated rings. The maximum absolute atomic E-state index is 12.6. The van der Waals surface area contributed by atoms with Crippen molar-refractivity contribution < 1.29 is 14.0 Å². The highest BCUT2D eigenvalue weighted by atomic mass is 16.3. The summed E-state index contributed by atoms with van der Waals surface area (Å²) >= 11 is 0. The quantitative estimate of drug-likeness (QED) is 0.777. The second-order valence-electron chi connectivity index (χ2n) is 7.56. The third-order valence-electron chi connectivity index (χ3n) is 5.32. The average molecular weight is 395 g/mol. The number of aromatic nitrogens is 2. The second-order valence-corrected chi connectivity index (χ2v) is 7.56. The first-order valence-electron chi connectivity index (χ1n) is 9.93. The molecular weight excluding hydrogens is 370 g/mol. The first kappa shape index (κ1) is 19.2. The molecule has 1 atom stereocenters. The van der Waals surface area contributed by atoms with Crippen LogP contribution in [-0.4, -0.2) is 59.3 Å². The normalized spacial score (nSPS) is 19.1. The molecule has 0 bridgehead atoms. The fourth-order valence-corrected chi connectivity index (χ4v) is 3.86. The van der Waals surface area contributed by atoms with Gasteiger partial charge in [-0.05, 0) is 24.5 Å². The molecule has 0 radical (unpaired) electrons. The Morgan fingerprint density at radius 2 is 2.10 bits per heavy atom. The van der Waals surface area contributed by atoms with Gasteiger partial charge in [0.15, 0.2) is 11.5 Å². The van der Waals surface area contributed by atoms with Crippen LogP contribution in [0.3, 0.4) is 0 Å². The van der Waals surface area contributed by atoms with Gasteiger partial charge < -0.3 is 19.5 Å². The predicted octanol–water partition coefficient (Wildman–Crippen LogP) is 2.39. The van der Waals surface area contributed by atoms with Crippen molar-refractivity contribution >= 4 is 23.5 Å². The van der Waals surface area contributed by atoms with Gasteiger partial charge in [0.2, 0.25) is 5.95 Å². The molecule has 1 aliphatic heterocycles. The van der Waals surface area contributed by atoms with E-state index in [2.05, 4.69) is 28.7 Å². The maximum Gasteiger partial charge on any atom is 0.289 e. The van der Waals surface area contributed by atoms with E-state index in [-0.39, 0.29) is 17.6 Å². The SMILES string of the molecule is C=CCNc1nc(N2CCN(C(=O)c3ccco3)CC2)nc2c1C(=O)C[C@H](C)C2. The fraction of sp³-hybridized carbons (Fsp3) is 0.429. The molecule has 0 aromatic carbocycles. The number of hydrogen-bond acceptors (Lipinski definition) is 7. The van der Waals surface area contributed by atoms with Gasteiger partial charge in [0.25, 0.3) is 5.91 Å². The van der Waals surface area contributed by atoms with Crippen LogP contribution < -0.4 is 10.2 Å². The van der Waals surface area contributed by atoms with Crippen LogP contribution in [0.1, 0.15) is 40.0 Å². The third kappa shape index (κ3) is 3.87. The zero-order valence-corrected chi connectivity index (χ0v) is 16.6. The summed E-state index contributed by atoms with van der Waals surface area (Å²) in [4.78, 5) is 38.3. The van der Waals surface area contributed by atoms with Crippen molar-refractivity contribution in [2.75, 3.05) is 42.9 Å². The number of furan rings is 1. The van der Waals surface area contributed by atoms with E-state index in [1.54, 1.807) is 23.1 Å². The number of amides is 1. The number of nitrogens with one attached hydrogen (secondary N) is 1. The minimum absolute atomic E-state index is 0.0886. The Morgan fingerprint density at radius 3 is 2.79 bits per heavy atom. The zero-order valence-electron chi connectivity index (χ0n) is 16.6. The van der Waals surface area contributed by atoms with E-state index >= 15 is 0 Å². The van der Waals surface area contributed by atoms with Crippen molar-refractivity contribution in [3.8, 4) is 0 Å². The lowest BCUT2D eigenvalue weighted by atomic mass is 9.87. The number of carbonyl (C=O) groups is 2. The first-order valence-corrected chi connectivity index (χ1v) is 9.93. The Hall–Kier alpha value is -3.16. The number of ketones is 1. The van der Waals surface area contributed by atoms with E-state index in [4.69, 9.17) is 9.40 Å². The topological polar surface area (TPSA) is 91.6 Å². The summed E-state index contributed by atoms with van der Waals surface area (Å²) in [5.74, 6) is 1.79. The molecule has 1 aliphatic carbocycles. The lowest BCUT2D eigenvalue weighted by Crippen LogP contribution is -2.49. The number of nitrogens with zero attached hydrogens (tertiary/aromatic N) is 4. The average Bonchev–Trinajstić information content (AvgIpc) is 3.25. The van der Waals surface area contributed by atoms with Crippen molar-refractivity contribution in [2.45, 2.75) is 19.8 Å². The molecule has 0 unspecified atom stereocenters. The van der Waals surface area contributed by atoms with E-state index in [0.29, 0.717) is 62.2 Å². The summed E-state index contributed by atoms with van der Waals surface area (Å²) in [5, 5.41) is 3.20. The van der Waals surface area contributed by atoms with Crippen LogP contribution in [0.25, 0.3) is 0 Å². The molecule has 0 spiro atoms. The van der Waals surface area contributed by atoms with Gasteiger partial charge in [-0.25, -0.2) is 4.98 Å². The van der Waals surface area contributed by atoms with E-state index in [0.717, 1.165) is 12.1 Å². The van der Waals surface area contributed by atoms with Gasteiger partial charge >= 0.3 is 0 Å². The van der Waals surface area contributed by atoms with E-state index in [9.17, 15) is 9.59 Å². The third-order valence-corrected chi connectivity index (χ3v) is 5.32. The number of rotatable bonds is 5. The standard InChI is InChI=1S/C21H25N5O3/c1-3-6-22-19-18-15(12-14(2)13-16(18)27)23-21(24-19)26-9-7-25(8-10-26)20(28)17-5-4-11-29-17/h3-5,11,14H,1,6-10,12-13H2,2H3,(H,22,23,24)/t14-/m1/s1. The fourth-order valence-electron chi connectivity index (χ4n) is 3.86. The summed E-state index contributed by atoms with van der Waals surface area (Å²) in [6, 6.07) is 3.39. The highest BCUT2D eigenvalue weighted by Crippen LogP contribution is 2.30. The second kappa shape index (κ2) is 8.06. The molecule has 2 aromatic rings. The van der Waals surface area contributed by atoms with Crippen LogP contribution in [0.2, 0.25) is 0 Å². The Morgan fingerprint density at radius 1 is 1.31 bits per heavy atom. The van der Waals surface area contributed by atoms with Crippen molar-refractivity contribution in [3.63, 3.8) is 0 Å². The minimum Gasteiger partial charge on any atom is -0.459 e. The van der Waals surface area contributed by atoms with Crippen molar-refractivity contribution in [3.05, 3.63) is 48.1 Å². The molecule has 4 rings (SSSR count). The van der Waals surface area contributed by atoms with E-state index in [1.165, 1.54) is 6.26 Å². The summed E-state index contributed by atoms with van der Waals surface area (Å²) in [6.45, 7) is 8.69. The van der Waals surface area contributed by atoms with Gasteiger partial charge in [0, 0.05) is 39.1 Å². The molecule has 0 saturated carbocycles. The molecule has 1 amide bonds. The number of hydrogen-bond donors (Lipinski definition) is 1. The lowest BCUT2D eigenvalue weighted by molar-refractivity contribution is 0.0713. The van der Waals surface area contributed by atoms with Gasteiger partial charge in [-0.3, -0.25) is 9.59 Å². The van der Waals surface area contributed by atoms with E-state index in [1.807, 2.05) is 0 Å². The molecule has 29 heavy (non-hydrogen) atoms. The van der Waals surface area contributed by atoms with Gasteiger partial charge in [-0.1, -0.05) is 13.0 Å². The monoisotopic (exact) mass is 395 g/mol. The molecule has 2 aromatic heterocycles. The van der Waals surface area contributed by atoms with Crippen LogP contribution in [-0.2, 0) is 6.42 Å². The molecule has 8 nitrogen and oxygen atoms in total. The summed E-state index contributed by atoms with van der Waals surface area (Å²) in [7, 11) is 0. The van der Waals surface area contributed by atoms with Crippen LogP contribution >= 0.6 is 0 Å². The lowest BCUT2D eigenvalue weighted by Gasteiger charge is -2.35. The number of Topliss-reactive ketones (excluding diaryl/α,β-unsaturated/α-hetero) is 1. The Bertz CT molecular complexity index is 917. The summed E-state index contributed by atoms with van der Waals surface area (Å²) in [5.41, 5.74) is 1.42. The van der Waals surface area contributed by atoms with Crippen molar-refractivity contribution in [1.29, 1.82) is 0 Å². The molecular formula is C21H25N5O3. The summed E-state index contributed by atoms with van der Waals surface area (Å²) < 4.78 is 5.22. The van der Waals surface area contributed by atoms with Crippen LogP contribution in [0.4, 0.5) is 11.8 Å². The Kier molecular flexibility index (Phi) is 5.33. The van der Waals surface area contributed by atoms with E-state index < -0.39 is 0 Å². The van der Waals surface area contributed by atoms with Crippen molar-refractivity contribution in [1.82, 2.24) is 14.9 Å². The van der Waals surface area contributed by atoms with Crippen molar-refractivity contribution in [2.24, 2.45) is 5.92 Å². The number of fused-ring (bicyclic) bond motifs is 1. The maximum atomic E-state index is 12.6. The van der Waals surface area contributed by atoms with Crippen LogP contribution in [0, 0.1) is 5.92 Å². The molecule has 1 saturated heterocycles. The first-order chi connectivity index (χ1) is 14.1. The zero-order chi connectivity index (χ0) is 20.4. The Balaban J connectivity index is 1.54. The molecule has 8 heteroatoms. The van der Waals surface area contributed by atoms with Gasteiger partial charge in [-0.15, -0.1) is 6.58 Å². The molecule has 2 aliphatic rings.